The molecule has 6 nitrogen and oxygen atoms in total. The summed E-state index contributed by atoms with van der Waals surface area (Å²) in [6.07, 6.45) is 3.93. The Morgan fingerprint density at radius 2 is 2.00 bits per heavy atom. The van der Waals surface area contributed by atoms with Crippen LogP contribution in [0, 0.1) is 0 Å². The van der Waals surface area contributed by atoms with Gasteiger partial charge in [-0.2, -0.15) is 5.10 Å². The number of ether oxygens (including phenoxy) is 2. The van der Waals surface area contributed by atoms with Crippen molar-refractivity contribution in [2.75, 3.05) is 14.2 Å². The number of nitrogens with zero attached hydrogens (tertiary/aromatic N) is 2. The molecular weight excluding hydrogens is 306 g/mol. The summed E-state index contributed by atoms with van der Waals surface area (Å²) >= 11 is 0. The number of benzene rings is 1. The molecular formula is C18H19N3O3. The molecule has 0 unspecified atom stereocenters. The van der Waals surface area contributed by atoms with Crippen molar-refractivity contribution in [2.24, 2.45) is 0 Å². The van der Waals surface area contributed by atoms with E-state index < -0.39 is 0 Å². The van der Waals surface area contributed by atoms with E-state index in [1.807, 2.05) is 36.5 Å². The molecule has 0 fully saturated rings. The van der Waals surface area contributed by atoms with Crippen molar-refractivity contribution in [1.82, 2.24) is 14.9 Å². The number of carbonyl (C=O) groups excluding carboxylic acids is 1. The summed E-state index contributed by atoms with van der Waals surface area (Å²) in [6.45, 7) is 0.444. The highest BCUT2D eigenvalue weighted by Crippen LogP contribution is 2.27. The number of pyridine rings is 1. The summed E-state index contributed by atoms with van der Waals surface area (Å²) in [5, 5.41) is 7.18. The maximum Gasteiger partial charge on any atom is 0.224 e. The standard InChI is InChI=1S/C18H19N3O3/c1-23-16-7-6-13(9-17(16)24-2)10-18(22)19-11-14-12-20-21-8-4-3-5-15(14)21/h3-9,12H,10-11H2,1-2H3,(H,19,22). The third-order valence-corrected chi connectivity index (χ3v) is 3.79. The number of fused-ring (bicyclic) bond motifs is 1. The zero-order valence-corrected chi connectivity index (χ0v) is 13.7. The number of amides is 1. The molecule has 0 spiro atoms. The highest BCUT2D eigenvalue weighted by atomic mass is 16.5. The fourth-order valence-electron chi connectivity index (χ4n) is 2.56. The SMILES string of the molecule is COc1ccc(CC(=O)NCc2cnn3ccccc23)cc1OC. The molecule has 24 heavy (non-hydrogen) atoms. The average Bonchev–Trinajstić information content (AvgIpc) is 3.03. The van der Waals surface area contributed by atoms with Crippen molar-refractivity contribution in [3.05, 3.63) is 59.9 Å². The van der Waals surface area contributed by atoms with Crippen LogP contribution >= 0.6 is 0 Å². The minimum atomic E-state index is -0.0579. The van der Waals surface area contributed by atoms with Gasteiger partial charge in [0.15, 0.2) is 11.5 Å². The first-order chi connectivity index (χ1) is 11.7. The lowest BCUT2D eigenvalue weighted by Gasteiger charge is -2.09. The molecule has 2 aromatic heterocycles. The molecule has 0 saturated carbocycles. The van der Waals surface area contributed by atoms with E-state index in [4.69, 9.17) is 9.47 Å². The molecule has 2 heterocycles. The fraction of sp³-hybridized carbons (Fsp3) is 0.222. The summed E-state index contributed by atoms with van der Waals surface area (Å²) in [6, 6.07) is 11.3. The monoisotopic (exact) mass is 325 g/mol. The van der Waals surface area contributed by atoms with Crippen LogP contribution in [0.4, 0.5) is 0 Å². The zero-order chi connectivity index (χ0) is 16.9. The van der Waals surface area contributed by atoms with E-state index in [1.54, 1.807) is 31.0 Å². The Morgan fingerprint density at radius 1 is 1.17 bits per heavy atom. The van der Waals surface area contributed by atoms with Gasteiger partial charge in [0.1, 0.15) is 0 Å². The fourth-order valence-corrected chi connectivity index (χ4v) is 2.56. The molecule has 0 radical (unpaired) electrons. The quantitative estimate of drug-likeness (QED) is 0.755. The van der Waals surface area contributed by atoms with Crippen LogP contribution in [0.25, 0.3) is 5.52 Å². The smallest absolute Gasteiger partial charge is 0.224 e. The van der Waals surface area contributed by atoms with Gasteiger partial charge in [0, 0.05) is 18.3 Å². The second kappa shape index (κ2) is 7.04. The molecule has 0 atom stereocenters. The van der Waals surface area contributed by atoms with Gasteiger partial charge >= 0.3 is 0 Å². The minimum Gasteiger partial charge on any atom is -0.493 e. The summed E-state index contributed by atoms with van der Waals surface area (Å²) in [7, 11) is 3.16. The zero-order valence-electron chi connectivity index (χ0n) is 13.7. The van der Waals surface area contributed by atoms with Crippen LogP contribution in [0.1, 0.15) is 11.1 Å². The summed E-state index contributed by atoms with van der Waals surface area (Å²) in [5.74, 6) is 1.20. The molecule has 3 rings (SSSR count). The number of hydrogen-bond acceptors (Lipinski definition) is 4. The lowest BCUT2D eigenvalue weighted by Crippen LogP contribution is -2.24. The number of carbonyl (C=O) groups is 1. The van der Waals surface area contributed by atoms with Crippen molar-refractivity contribution in [3.63, 3.8) is 0 Å². The maximum absolute atomic E-state index is 12.2. The normalized spacial score (nSPS) is 10.6. The van der Waals surface area contributed by atoms with Gasteiger partial charge in [0.2, 0.25) is 5.91 Å². The molecule has 3 aromatic rings. The van der Waals surface area contributed by atoms with Gasteiger partial charge in [-0.05, 0) is 29.8 Å². The second-order valence-corrected chi connectivity index (χ2v) is 5.34. The van der Waals surface area contributed by atoms with E-state index in [0.29, 0.717) is 18.0 Å². The molecule has 0 bridgehead atoms. The molecule has 0 aliphatic carbocycles. The van der Waals surface area contributed by atoms with Gasteiger partial charge in [0.25, 0.3) is 0 Å². The van der Waals surface area contributed by atoms with Gasteiger partial charge < -0.3 is 14.8 Å². The predicted octanol–water partition coefficient (Wildman–Crippen LogP) is 2.21. The molecule has 0 aliphatic rings. The van der Waals surface area contributed by atoms with Crippen LogP contribution in [0.3, 0.4) is 0 Å². The maximum atomic E-state index is 12.2. The lowest BCUT2D eigenvalue weighted by atomic mass is 10.1. The summed E-state index contributed by atoms with van der Waals surface area (Å²) < 4.78 is 12.2. The third kappa shape index (κ3) is 3.32. The number of nitrogens with one attached hydrogen (secondary N) is 1. The van der Waals surface area contributed by atoms with Gasteiger partial charge in [-0.3, -0.25) is 4.79 Å². The Bertz CT molecular complexity index is 858. The predicted molar refractivity (Wildman–Crippen MR) is 90.3 cm³/mol. The van der Waals surface area contributed by atoms with E-state index >= 15 is 0 Å². The molecule has 124 valence electrons. The van der Waals surface area contributed by atoms with Crippen molar-refractivity contribution >= 4 is 11.4 Å². The van der Waals surface area contributed by atoms with Crippen LogP contribution in [-0.2, 0) is 17.8 Å². The van der Waals surface area contributed by atoms with E-state index in [0.717, 1.165) is 16.6 Å². The van der Waals surface area contributed by atoms with Crippen LogP contribution < -0.4 is 14.8 Å². The van der Waals surface area contributed by atoms with Crippen LogP contribution in [-0.4, -0.2) is 29.7 Å². The Labute approximate surface area is 140 Å². The third-order valence-electron chi connectivity index (χ3n) is 3.79. The Hall–Kier alpha value is -3.02. The molecule has 6 heteroatoms. The second-order valence-electron chi connectivity index (χ2n) is 5.34. The molecule has 1 amide bonds. The van der Waals surface area contributed by atoms with Crippen molar-refractivity contribution in [1.29, 1.82) is 0 Å². The van der Waals surface area contributed by atoms with Gasteiger partial charge in [-0.25, -0.2) is 4.52 Å². The summed E-state index contributed by atoms with van der Waals surface area (Å²) in [4.78, 5) is 12.2. The molecule has 0 aliphatic heterocycles. The Morgan fingerprint density at radius 3 is 2.79 bits per heavy atom. The van der Waals surface area contributed by atoms with Crippen molar-refractivity contribution in [3.8, 4) is 11.5 Å². The van der Waals surface area contributed by atoms with Crippen LogP contribution in [0.15, 0.2) is 48.8 Å². The molecule has 1 N–H and O–H groups in total. The van der Waals surface area contributed by atoms with E-state index in [2.05, 4.69) is 10.4 Å². The first-order valence-electron chi connectivity index (χ1n) is 7.60. The Kier molecular flexibility index (Phi) is 4.65. The largest absolute Gasteiger partial charge is 0.493 e. The van der Waals surface area contributed by atoms with Crippen LogP contribution in [0.5, 0.6) is 11.5 Å². The highest BCUT2D eigenvalue weighted by molar-refractivity contribution is 5.79. The minimum absolute atomic E-state index is 0.0579. The van der Waals surface area contributed by atoms with Crippen molar-refractivity contribution < 1.29 is 14.3 Å². The first kappa shape index (κ1) is 15.9. The Balaban J connectivity index is 1.63. The van der Waals surface area contributed by atoms with E-state index in [9.17, 15) is 4.79 Å². The van der Waals surface area contributed by atoms with E-state index in [1.165, 1.54) is 0 Å². The van der Waals surface area contributed by atoms with Gasteiger partial charge in [0.05, 0.1) is 32.4 Å². The number of hydrogen-bond donors (Lipinski definition) is 1. The highest BCUT2D eigenvalue weighted by Gasteiger charge is 2.09. The lowest BCUT2D eigenvalue weighted by molar-refractivity contribution is -0.120. The van der Waals surface area contributed by atoms with E-state index in [-0.39, 0.29) is 12.3 Å². The number of rotatable bonds is 6. The molecule has 1 aromatic carbocycles. The number of methoxy groups -OCH3 is 2. The van der Waals surface area contributed by atoms with Crippen molar-refractivity contribution in [2.45, 2.75) is 13.0 Å². The van der Waals surface area contributed by atoms with Crippen LogP contribution in [0.2, 0.25) is 0 Å². The topological polar surface area (TPSA) is 64.9 Å². The number of aromatic nitrogens is 2. The van der Waals surface area contributed by atoms with Gasteiger partial charge in [-0.1, -0.05) is 12.1 Å². The first-order valence-corrected chi connectivity index (χ1v) is 7.60. The summed E-state index contributed by atoms with van der Waals surface area (Å²) in [5.41, 5.74) is 2.84. The molecule has 0 saturated heterocycles. The average molecular weight is 325 g/mol. The van der Waals surface area contributed by atoms with Gasteiger partial charge in [-0.15, -0.1) is 0 Å².